The summed E-state index contributed by atoms with van der Waals surface area (Å²) >= 11 is 1.70. The Labute approximate surface area is 141 Å². The molecule has 1 aromatic heterocycles. The highest BCUT2D eigenvalue weighted by Crippen LogP contribution is 2.15. The van der Waals surface area contributed by atoms with Crippen LogP contribution in [0.5, 0.6) is 0 Å². The van der Waals surface area contributed by atoms with Gasteiger partial charge in [0.25, 0.3) is 0 Å². The molecule has 1 heterocycles. The molecule has 7 heteroatoms. The molecule has 1 aromatic carbocycles. The molecule has 2 rings (SSSR count). The number of amides is 1. The summed E-state index contributed by atoms with van der Waals surface area (Å²) in [5.41, 5.74) is 1.94. The predicted molar refractivity (Wildman–Crippen MR) is 92.3 cm³/mol. The third kappa shape index (κ3) is 4.76. The van der Waals surface area contributed by atoms with Crippen molar-refractivity contribution in [3.63, 3.8) is 0 Å². The first-order valence-corrected chi connectivity index (χ1v) is 7.93. The van der Waals surface area contributed by atoms with E-state index in [1.165, 1.54) is 4.90 Å². The van der Waals surface area contributed by atoms with Gasteiger partial charge in [-0.1, -0.05) is 12.1 Å². The Hall–Kier alpha value is -1.50. The third-order valence-electron chi connectivity index (χ3n) is 3.23. The molecule has 2 N–H and O–H groups in total. The van der Waals surface area contributed by atoms with Gasteiger partial charge in [-0.3, -0.25) is 9.48 Å². The van der Waals surface area contributed by atoms with Gasteiger partial charge < -0.3 is 10.6 Å². The maximum atomic E-state index is 12.3. The van der Waals surface area contributed by atoms with Crippen LogP contribution in [-0.2, 0) is 18.4 Å². The standard InChI is InChI=1S/C15H20N4OS.ClH/c1-16-14(12-9-18-19(2)10-12)15(20)17-8-11-4-6-13(21-3)7-5-11;/h4-7,9-10,14,16H,8H2,1-3H3,(H,17,20);1H. The Bertz CT molecular complexity index is 600. The third-order valence-corrected chi connectivity index (χ3v) is 3.98. The average molecular weight is 341 g/mol. The largest absolute Gasteiger partial charge is 0.350 e. The van der Waals surface area contributed by atoms with Gasteiger partial charge in [-0.2, -0.15) is 5.10 Å². The lowest BCUT2D eigenvalue weighted by Crippen LogP contribution is -2.35. The molecule has 120 valence electrons. The molecule has 1 unspecified atom stereocenters. The fourth-order valence-electron chi connectivity index (χ4n) is 2.07. The Balaban J connectivity index is 0.00000242. The van der Waals surface area contributed by atoms with Crippen molar-refractivity contribution in [2.24, 2.45) is 7.05 Å². The van der Waals surface area contributed by atoms with Crippen molar-refractivity contribution in [3.8, 4) is 0 Å². The van der Waals surface area contributed by atoms with Crippen molar-refractivity contribution in [1.29, 1.82) is 0 Å². The minimum absolute atomic E-state index is 0. The van der Waals surface area contributed by atoms with Crippen molar-refractivity contribution in [2.45, 2.75) is 17.5 Å². The molecule has 0 saturated carbocycles. The Morgan fingerprint density at radius 1 is 1.36 bits per heavy atom. The zero-order valence-electron chi connectivity index (χ0n) is 12.9. The highest BCUT2D eigenvalue weighted by molar-refractivity contribution is 7.98. The second-order valence-corrected chi connectivity index (χ2v) is 5.61. The summed E-state index contributed by atoms with van der Waals surface area (Å²) in [5, 5.41) is 10.1. The van der Waals surface area contributed by atoms with E-state index in [9.17, 15) is 4.79 Å². The van der Waals surface area contributed by atoms with Gasteiger partial charge in [-0.25, -0.2) is 0 Å². The quantitative estimate of drug-likeness (QED) is 0.791. The number of carbonyl (C=O) groups excluding carboxylic acids is 1. The fraction of sp³-hybridized carbons (Fsp3) is 0.333. The van der Waals surface area contributed by atoms with Gasteiger partial charge in [0.15, 0.2) is 0 Å². The van der Waals surface area contributed by atoms with E-state index >= 15 is 0 Å². The first-order valence-electron chi connectivity index (χ1n) is 6.70. The number of thioether (sulfide) groups is 1. The van der Waals surface area contributed by atoms with Crippen molar-refractivity contribution >= 4 is 30.1 Å². The minimum atomic E-state index is -0.385. The van der Waals surface area contributed by atoms with E-state index in [0.717, 1.165) is 11.1 Å². The number of hydrogen-bond donors (Lipinski definition) is 2. The van der Waals surface area contributed by atoms with Crippen LogP contribution in [0.1, 0.15) is 17.2 Å². The van der Waals surface area contributed by atoms with E-state index in [-0.39, 0.29) is 24.4 Å². The second-order valence-electron chi connectivity index (χ2n) is 4.73. The van der Waals surface area contributed by atoms with Crippen LogP contribution in [0.25, 0.3) is 0 Å². The van der Waals surface area contributed by atoms with Crippen molar-refractivity contribution in [3.05, 3.63) is 47.8 Å². The minimum Gasteiger partial charge on any atom is -0.350 e. The number of rotatable bonds is 6. The first-order chi connectivity index (χ1) is 10.1. The zero-order valence-corrected chi connectivity index (χ0v) is 14.5. The molecule has 0 aliphatic rings. The Morgan fingerprint density at radius 2 is 2.05 bits per heavy atom. The molecular weight excluding hydrogens is 320 g/mol. The second kappa shape index (κ2) is 8.82. The lowest BCUT2D eigenvalue weighted by Gasteiger charge is -2.14. The van der Waals surface area contributed by atoms with Gasteiger partial charge in [-0.15, -0.1) is 24.2 Å². The Morgan fingerprint density at radius 3 is 2.55 bits per heavy atom. The molecule has 0 fully saturated rings. The summed E-state index contributed by atoms with van der Waals surface area (Å²) in [7, 11) is 3.60. The van der Waals surface area contributed by atoms with Gasteiger partial charge in [-0.05, 0) is 31.0 Å². The maximum absolute atomic E-state index is 12.3. The van der Waals surface area contributed by atoms with Crippen molar-refractivity contribution < 1.29 is 4.79 Å². The molecule has 0 aliphatic heterocycles. The van der Waals surface area contributed by atoms with Gasteiger partial charge >= 0.3 is 0 Å². The molecule has 0 radical (unpaired) electrons. The molecular formula is C15H21ClN4OS. The summed E-state index contributed by atoms with van der Waals surface area (Å²) in [6.45, 7) is 0.520. The van der Waals surface area contributed by atoms with Crippen LogP contribution in [0.15, 0.2) is 41.6 Å². The number of aromatic nitrogens is 2. The summed E-state index contributed by atoms with van der Waals surface area (Å²) in [4.78, 5) is 13.5. The molecule has 0 saturated heterocycles. The monoisotopic (exact) mass is 340 g/mol. The van der Waals surface area contributed by atoms with Crippen LogP contribution in [0, 0.1) is 0 Å². The molecule has 1 amide bonds. The number of likely N-dealkylation sites (N-methyl/N-ethyl adjacent to an activating group) is 1. The predicted octanol–water partition coefficient (Wildman–Crippen LogP) is 2.14. The van der Waals surface area contributed by atoms with Crippen LogP contribution in [-0.4, -0.2) is 29.0 Å². The van der Waals surface area contributed by atoms with Crippen LogP contribution < -0.4 is 10.6 Å². The summed E-state index contributed by atoms with van der Waals surface area (Å²) < 4.78 is 1.69. The van der Waals surface area contributed by atoms with E-state index in [4.69, 9.17) is 0 Å². The number of aryl methyl sites for hydroxylation is 1. The van der Waals surface area contributed by atoms with Crippen LogP contribution >= 0.6 is 24.2 Å². The van der Waals surface area contributed by atoms with Gasteiger partial charge in [0.2, 0.25) is 5.91 Å². The van der Waals surface area contributed by atoms with Crippen LogP contribution in [0.2, 0.25) is 0 Å². The molecule has 0 aliphatic carbocycles. The number of carbonyl (C=O) groups is 1. The van der Waals surface area contributed by atoms with Gasteiger partial charge in [0.05, 0.1) is 6.20 Å². The fourth-order valence-corrected chi connectivity index (χ4v) is 2.48. The van der Waals surface area contributed by atoms with Crippen LogP contribution in [0.4, 0.5) is 0 Å². The number of nitrogens with one attached hydrogen (secondary N) is 2. The number of benzene rings is 1. The SMILES string of the molecule is CNC(C(=O)NCc1ccc(SC)cc1)c1cnn(C)c1.Cl. The van der Waals surface area contributed by atoms with E-state index in [0.29, 0.717) is 6.54 Å². The summed E-state index contributed by atoms with van der Waals surface area (Å²) in [5.74, 6) is -0.0561. The molecule has 0 bridgehead atoms. The Kier molecular flexibility index (Phi) is 7.44. The summed E-state index contributed by atoms with van der Waals surface area (Å²) in [6.07, 6.45) is 5.59. The highest BCUT2D eigenvalue weighted by Gasteiger charge is 2.19. The van der Waals surface area contributed by atoms with Crippen molar-refractivity contribution in [1.82, 2.24) is 20.4 Å². The normalized spacial score (nSPS) is 11.6. The molecule has 2 aromatic rings. The smallest absolute Gasteiger partial charge is 0.242 e. The molecule has 0 spiro atoms. The lowest BCUT2D eigenvalue weighted by atomic mass is 10.1. The zero-order chi connectivity index (χ0) is 15.2. The van der Waals surface area contributed by atoms with E-state index in [1.807, 2.05) is 31.6 Å². The number of halogens is 1. The highest BCUT2D eigenvalue weighted by atomic mass is 35.5. The van der Waals surface area contributed by atoms with Crippen molar-refractivity contribution in [2.75, 3.05) is 13.3 Å². The molecule has 1 atom stereocenters. The number of hydrogen-bond acceptors (Lipinski definition) is 4. The van der Waals surface area contributed by atoms with Crippen LogP contribution in [0.3, 0.4) is 0 Å². The lowest BCUT2D eigenvalue weighted by molar-refractivity contribution is -0.123. The van der Waals surface area contributed by atoms with E-state index in [2.05, 4.69) is 27.9 Å². The first kappa shape index (κ1) is 18.5. The average Bonchev–Trinajstić information content (AvgIpc) is 2.92. The number of nitrogens with zero attached hydrogens (tertiary/aromatic N) is 2. The molecule has 22 heavy (non-hydrogen) atoms. The van der Waals surface area contributed by atoms with Gasteiger partial charge in [0, 0.05) is 30.2 Å². The topological polar surface area (TPSA) is 59.0 Å². The van der Waals surface area contributed by atoms with E-state index < -0.39 is 0 Å². The van der Waals surface area contributed by atoms with E-state index in [1.54, 1.807) is 29.7 Å². The maximum Gasteiger partial charge on any atom is 0.242 e. The molecule has 5 nitrogen and oxygen atoms in total. The van der Waals surface area contributed by atoms with Gasteiger partial charge in [0.1, 0.15) is 6.04 Å². The summed E-state index contributed by atoms with van der Waals surface area (Å²) in [6, 6.07) is 7.80.